The molecule has 5 nitrogen and oxygen atoms in total. The Morgan fingerprint density at radius 3 is 2.56 bits per heavy atom. The molecular formula is C20H18N4O. The SMILES string of the molecule is Cc1cccc(-c2noc(-c3cc(-c4ccc(C)c(C)c4)n[nH]3)n2)c1. The largest absolute Gasteiger partial charge is 0.332 e. The summed E-state index contributed by atoms with van der Waals surface area (Å²) in [5.41, 5.74) is 7.21. The van der Waals surface area contributed by atoms with Gasteiger partial charge in [0.05, 0.1) is 5.69 Å². The van der Waals surface area contributed by atoms with Crippen LogP contribution in [0.15, 0.2) is 53.1 Å². The Hall–Kier alpha value is -3.21. The highest BCUT2D eigenvalue weighted by Gasteiger charge is 2.14. The van der Waals surface area contributed by atoms with Gasteiger partial charge in [-0.05, 0) is 50.1 Å². The predicted molar refractivity (Wildman–Crippen MR) is 97.0 cm³/mol. The molecule has 0 spiro atoms. The van der Waals surface area contributed by atoms with E-state index in [1.165, 1.54) is 11.1 Å². The summed E-state index contributed by atoms with van der Waals surface area (Å²) in [5.74, 6) is 1.00. The lowest BCUT2D eigenvalue weighted by atomic mass is 10.0. The summed E-state index contributed by atoms with van der Waals surface area (Å²) in [5, 5.41) is 11.4. The van der Waals surface area contributed by atoms with Crippen LogP contribution in [0.3, 0.4) is 0 Å². The maximum absolute atomic E-state index is 5.40. The molecule has 5 heteroatoms. The molecule has 2 aromatic heterocycles. The molecule has 124 valence electrons. The molecule has 0 bridgehead atoms. The molecule has 0 unspecified atom stereocenters. The van der Waals surface area contributed by atoms with Crippen LogP contribution in [0.5, 0.6) is 0 Å². The zero-order chi connectivity index (χ0) is 17.4. The van der Waals surface area contributed by atoms with Gasteiger partial charge in [0.2, 0.25) is 5.82 Å². The number of nitrogens with one attached hydrogen (secondary N) is 1. The number of aryl methyl sites for hydroxylation is 3. The van der Waals surface area contributed by atoms with Gasteiger partial charge in [-0.2, -0.15) is 10.1 Å². The zero-order valence-electron chi connectivity index (χ0n) is 14.4. The molecule has 0 aliphatic rings. The van der Waals surface area contributed by atoms with E-state index >= 15 is 0 Å². The number of aromatic nitrogens is 4. The Morgan fingerprint density at radius 2 is 1.76 bits per heavy atom. The van der Waals surface area contributed by atoms with Crippen molar-refractivity contribution in [2.75, 3.05) is 0 Å². The predicted octanol–water partition coefficient (Wildman–Crippen LogP) is 4.72. The van der Waals surface area contributed by atoms with Crippen LogP contribution in [-0.4, -0.2) is 20.3 Å². The number of nitrogens with zero attached hydrogens (tertiary/aromatic N) is 3. The van der Waals surface area contributed by atoms with Crippen molar-refractivity contribution in [2.24, 2.45) is 0 Å². The third-order valence-electron chi connectivity index (χ3n) is 4.31. The molecule has 0 saturated heterocycles. The number of benzene rings is 2. The molecule has 2 aromatic carbocycles. The van der Waals surface area contributed by atoms with Crippen LogP contribution in [-0.2, 0) is 0 Å². The van der Waals surface area contributed by atoms with E-state index in [4.69, 9.17) is 4.52 Å². The first kappa shape index (κ1) is 15.3. The Balaban J connectivity index is 1.65. The fraction of sp³-hybridized carbons (Fsp3) is 0.150. The third-order valence-corrected chi connectivity index (χ3v) is 4.31. The number of hydrogen-bond donors (Lipinski definition) is 1. The van der Waals surface area contributed by atoms with Crippen molar-refractivity contribution in [3.8, 4) is 34.2 Å². The van der Waals surface area contributed by atoms with Gasteiger partial charge >= 0.3 is 0 Å². The Kier molecular flexibility index (Phi) is 3.69. The van der Waals surface area contributed by atoms with Gasteiger partial charge in [0.1, 0.15) is 5.69 Å². The van der Waals surface area contributed by atoms with Crippen LogP contribution in [0.4, 0.5) is 0 Å². The molecule has 0 aliphatic carbocycles. The highest BCUT2D eigenvalue weighted by atomic mass is 16.5. The smallest absolute Gasteiger partial charge is 0.276 e. The number of rotatable bonds is 3. The highest BCUT2D eigenvalue weighted by molar-refractivity contribution is 5.66. The van der Waals surface area contributed by atoms with Crippen LogP contribution < -0.4 is 0 Å². The normalized spacial score (nSPS) is 11.0. The minimum atomic E-state index is 0.430. The van der Waals surface area contributed by atoms with E-state index in [0.29, 0.717) is 17.4 Å². The quantitative estimate of drug-likeness (QED) is 0.590. The van der Waals surface area contributed by atoms with Crippen molar-refractivity contribution < 1.29 is 4.52 Å². The molecule has 1 N–H and O–H groups in total. The Bertz CT molecular complexity index is 1050. The van der Waals surface area contributed by atoms with Crippen molar-refractivity contribution in [3.05, 3.63) is 65.2 Å². The Labute approximate surface area is 145 Å². The molecule has 4 rings (SSSR count). The molecule has 2 heterocycles. The molecule has 25 heavy (non-hydrogen) atoms. The minimum Gasteiger partial charge on any atom is -0.332 e. The van der Waals surface area contributed by atoms with Gasteiger partial charge in [0, 0.05) is 11.1 Å². The molecule has 0 aliphatic heterocycles. The van der Waals surface area contributed by atoms with Crippen molar-refractivity contribution >= 4 is 0 Å². The fourth-order valence-electron chi connectivity index (χ4n) is 2.71. The fourth-order valence-corrected chi connectivity index (χ4v) is 2.71. The van der Waals surface area contributed by atoms with Crippen LogP contribution in [0, 0.1) is 20.8 Å². The lowest BCUT2D eigenvalue weighted by molar-refractivity contribution is 0.431. The van der Waals surface area contributed by atoms with Crippen molar-refractivity contribution in [3.63, 3.8) is 0 Å². The van der Waals surface area contributed by atoms with Crippen LogP contribution in [0.25, 0.3) is 34.2 Å². The molecule has 0 fully saturated rings. The zero-order valence-corrected chi connectivity index (χ0v) is 14.4. The Morgan fingerprint density at radius 1 is 0.880 bits per heavy atom. The van der Waals surface area contributed by atoms with Crippen LogP contribution >= 0.6 is 0 Å². The van der Waals surface area contributed by atoms with Gasteiger partial charge < -0.3 is 4.52 Å². The first-order valence-corrected chi connectivity index (χ1v) is 8.14. The second-order valence-corrected chi connectivity index (χ2v) is 6.26. The highest BCUT2D eigenvalue weighted by Crippen LogP contribution is 2.26. The molecule has 0 amide bonds. The summed E-state index contributed by atoms with van der Waals surface area (Å²) >= 11 is 0. The first-order chi connectivity index (χ1) is 12.1. The summed E-state index contributed by atoms with van der Waals surface area (Å²) < 4.78 is 5.40. The topological polar surface area (TPSA) is 67.6 Å². The lowest BCUT2D eigenvalue weighted by Gasteiger charge is -2.01. The summed E-state index contributed by atoms with van der Waals surface area (Å²) in [4.78, 5) is 4.48. The van der Waals surface area contributed by atoms with Gasteiger partial charge in [-0.15, -0.1) is 0 Å². The van der Waals surface area contributed by atoms with Crippen molar-refractivity contribution in [1.29, 1.82) is 0 Å². The first-order valence-electron chi connectivity index (χ1n) is 8.14. The standard InChI is InChI=1S/C20H18N4O/c1-12-5-4-6-16(9-12)19-21-20(25-24-19)18-11-17(22-23-18)15-8-7-13(2)14(3)10-15/h4-11H,1-3H3,(H,22,23). The molecular weight excluding hydrogens is 312 g/mol. The minimum absolute atomic E-state index is 0.430. The number of aromatic amines is 1. The van der Waals surface area contributed by atoms with E-state index in [1.807, 2.05) is 37.3 Å². The van der Waals surface area contributed by atoms with Gasteiger partial charge in [0.25, 0.3) is 5.89 Å². The van der Waals surface area contributed by atoms with E-state index in [0.717, 1.165) is 22.4 Å². The van der Waals surface area contributed by atoms with Gasteiger partial charge in [0.15, 0.2) is 0 Å². The molecule has 4 aromatic rings. The summed E-state index contributed by atoms with van der Waals surface area (Å²) in [7, 11) is 0. The van der Waals surface area contributed by atoms with E-state index in [-0.39, 0.29) is 0 Å². The number of H-pyrrole nitrogens is 1. The summed E-state index contributed by atoms with van der Waals surface area (Å²) in [6, 6.07) is 16.2. The summed E-state index contributed by atoms with van der Waals surface area (Å²) in [6.07, 6.45) is 0. The van der Waals surface area contributed by atoms with Crippen molar-refractivity contribution in [2.45, 2.75) is 20.8 Å². The van der Waals surface area contributed by atoms with E-state index in [9.17, 15) is 0 Å². The number of hydrogen-bond acceptors (Lipinski definition) is 4. The molecule has 0 atom stereocenters. The van der Waals surface area contributed by atoms with Crippen molar-refractivity contribution in [1.82, 2.24) is 20.3 Å². The lowest BCUT2D eigenvalue weighted by Crippen LogP contribution is -1.83. The summed E-state index contributed by atoms with van der Waals surface area (Å²) in [6.45, 7) is 6.23. The average molecular weight is 330 g/mol. The van der Waals surface area contributed by atoms with E-state index in [1.54, 1.807) is 0 Å². The second-order valence-electron chi connectivity index (χ2n) is 6.26. The van der Waals surface area contributed by atoms with Crippen LogP contribution in [0.1, 0.15) is 16.7 Å². The average Bonchev–Trinajstić information content (AvgIpc) is 3.26. The second kappa shape index (κ2) is 6.02. The molecule has 0 saturated carbocycles. The maximum atomic E-state index is 5.40. The van der Waals surface area contributed by atoms with Crippen LogP contribution in [0.2, 0.25) is 0 Å². The monoisotopic (exact) mass is 330 g/mol. The molecule has 0 radical (unpaired) electrons. The van der Waals surface area contributed by atoms with Gasteiger partial charge in [-0.25, -0.2) is 0 Å². The maximum Gasteiger partial charge on any atom is 0.276 e. The van der Waals surface area contributed by atoms with Gasteiger partial charge in [-0.1, -0.05) is 41.1 Å². The van der Waals surface area contributed by atoms with Gasteiger partial charge in [-0.3, -0.25) is 5.10 Å². The third kappa shape index (κ3) is 2.96. The van der Waals surface area contributed by atoms with E-state index < -0.39 is 0 Å². The van der Waals surface area contributed by atoms with E-state index in [2.05, 4.69) is 52.4 Å².